The SMILES string of the molecule is COc1cc2c(c3c1OCO3)[C@@H](O)N(C)CC2. The van der Waals surface area contributed by atoms with Crippen LogP contribution in [0.3, 0.4) is 0 Å². The number of likely N-dealkylation sites (N-methyl/N-ethyl adjacent to an activating group) is 1. The van der Waals surface area contributed by atoms with Gasteiger partial charge in [0.25, 0.3) is 0 Å². The van der Waals surface area contributed by atoms with Gasteiger partial charge < -0.3 is 19.3 Å². The van der Waals surface area contributed by atoms with E-state index in [9.17, 15) is 5.11 Å². The van der Waals surface area contributed by atoms with Gasteiger partial charge in [0.05, 0.1) is 7.11 Å². The van der Waals surface area contributed by atoms with Crippen molar-refractivity contribution in [2.24, 2.45) is 0 Å². The monoisotopic (exact) mass is 237 g/mol. The largest absolute Gasteiger partial charge is 0.493 e. The minimum atomic E-state index is -0.639. The van der Waals surface area contributed by atoms with Gasteiger partial charge in [0, 0.05) is 12.1 Å². The van der Waals surface area contributed by atoms with Crippen LogP contribution in [0, 0.1) is 0 Å². The zero-order chi connectivity index (χ0) is 12.0. The number of hydrogen-bond donors (Lipinski definition) is 1. The van der Waals surface area contributed by atoms with Gasteiger partial charge in [0.15, 0.2) is 11.5 Å². The first kappa shape index (κ1) is 10.7. The van der Waals surface area contributed by atoms with E-state index in [-0.39, 0.29) is 6.79 Å². The summed E-state index contributed by atoms with van der Waals surface area (Å²) in [7, 11) is 3.50. The van der Waals surface area contributed by atoms with Gasteiger partial charge in [-0.15, -0.1) is 0 Å². The van der Waals surface area contributed by atoms with Crippen molar-refractivity contribution >= 4 is 0 Å². The van der Waals surface area contributed by atoms with Crippen LogP contribution < -0.4 is 14.2 Å². The molecule has 1 atom stereocenters. The Balaban J connectivity index is 2.19. The van der Waals surface area contributed by atoms with Crippen LogP contribution >= 0.6 is 0 Å². The molecule has 0 saturated heterocycles. The van der Waals surface area contributed by atoms with Gasteiger partial charge in [0.2, 0.25) is 12.5 Å². The van der Waals surface area contributed by atoms with Crippen LogP contribution in [-0.4, -0.2) is 37.5 Å². The molecule has 1 N–H and O–H groups in total. The molecule has 0 aromatic heterocycles. The molecule has 5 heteroatoms. The Hall–Kier alpha value is -1.46. The molecule has 0 amide bonds. The normalized spacial score (nSPS) is 22.4. The van der Waals surface area contributed by atoms with Gasteiger partial charge in [-0.05, 0) is 25.1 Å². The summed E-state index contributed by atoms with van der Waals surface area (Å²) in [4.78, 5) is 1.89. The van der Waals surface area contributed by atoms with Crippen LogP contribution in [0.5, 0.6) is 17.2 Å². The number of aliphatic hydroxyl groups excluding tert-OH is 1. The predicted octanol–water partition coefficient (Wildman–Crippen LogP) is 0.903. The highest BCUT2D eigenvalue weighted by molar-refractivity contribution is 5.61. The Bertz CT molecular complexity index is 460. The summed E-state index contributed by atoms with van der Waals surface area (Å²) < 4.78 is 16.1. The zero-order valence-electron chi connectivity index (χ0n) is 9.90. The Morgan fingerprint density at radius 1 is 1.41 bits per heavy atom. The molecule has 0 bridgehead atoms. The fourth-order valence-electron chi connectivity index (χ4n) is 2.39. The van der Waals surface area contributed by atoms with Crippen molar-refractivity contribution in [3.63, 3.8) is 0 Å². The van der Waals surface area contributed by atoms with Gasteiger partial charge >= 0.3 is 0 Å². The maximum Gasteiger partial charge on any atom is 0.231 e. The van der Waals surface area contributed by atoms with Crippen molar-refractivity contribution in [2.45, 2.75) is 12.6 Å². The molecule has 5 nitrogen and oxygen atoms in total. The third-order valence-corrected chi connectivity index (χ3v) is 3.36. The molecule has 1 aromatic carbocycles. The van der Waals surface area contributed by atoms with Gasteiger partial charge in [-0.3, -0.25) is 4.90 Å². The Morgan fingerprint density at radius 2 is 2.18 bits per heavy atom. The molecular weight excluding hydrogens is 222 g/mol. The highest BCUT2D eigenvalue weighted by Crippen LogP contribution is 2.48. The molecular formula is C12H15NO4. The summed E-state index contributed by atoms with van der Waals surface area (Å²) in [5.74, 6) is 1.90. The number of nitrogens with zero attached hydrogens (tertiary/aromatic N) is 1. The fourth-order valence-corrected chi connectivity index (χ4v) is 2.39. The quantitative estimate of drug-likeness (QED) is 0.786. The second-order valence-corrected chi connectivity index (χ2v) is 4.32. The highest BCUT2D eigenvalue weighted by atomic mass is 16.7. The number of fused-ring (bicyclic) bond motifs is 3. The van der Waals surface area contributed by atoms with Crippen molar-refractivity contribution < 1.29 is 19.3 Å². The number of benzene rings is 1. The molecule has 3 rings (SSSR count). The summed E-state index contributed by atoms with van der Waals surface area (Å²) >= 11 is 0. The Labute approximate surface area is 99.5 Å². The first-order chi connectivity index (χ1) is 8.22. The number of aliphatic hydroxyl groups is 1. The molecule has 0 saturated carbocycles. The van der Waals surface area contributed by atoms with Gasteiger partial charge in [-0.25, -0.2) is 0 Å². The molecule has 0 spiro atoms. The van der Waals surface area contributed by atoms with Crippen molar-refractivity contribution in [3.8, 4) is 17.2 Å². The highest BCUT2D eigenvalue weighted by Gasteiger charge is 2.33. The molecule has 2 aliphatic rings. The molecule has 0 fully saturated rings. The summed E-state index contributed by atoms with van der Waals surface area (Å²) in [6.07, 6.45) is 0.232. The van der Waals surface area contributed by atoms with E-state index in [1.807, 2.05) is 18.0 Å². The molecule has 0 radical (unpaired) electrons. The average Bonchev–Trinajstić information content (AvgIpc) is 2.81. The predicted molar refractivity (Wildman–Crippen MR) is 60.4 cm³/mol. The van der Waals surface area contributed by atoms with Crippen LogP contribution in [0.25, 0.3) is 0 Å². The summed E-state index contributed by atoms with van der Waals surface area (Å²) in [6.45, 7) is 0.996. The van der Waals surface area contributed by atoms with E-state index >= 15 is 0 Å². The molecule has 17 heavy (non-hydrogen) atoms. The average molecular weight is 237 g/mol. The van der Waals surface area contributed by atoms with E-state index in [1.165, 1.54) is 0 Å². The van der Waals surface area contributed by atoms with Crippen molar-refractivity contribution in [3.05, 3.63) is 17.2 Å². The minimum Gasteiger partial charge on any atom is -0.493 e. The fraction of sp³-hybridized carbons (Fsp3) is 0.500. The molecule has 0 unspecified atom stereocenters. The van der Waals surface area contributed by atoms with Crippen LogP contribution in [0.1, 0.15) is 17.4 Å². The van der Waals surface area contributed by atoms with E-state index < -0.39 is 6.23 Å². The summed E-state index contributed by atoms with van der Waals surface area (Å²) in [5, 5.41) is 10.2. The van der Waals surface area contributed by atoms with Crippen LogP contribution in [-0.2, 0) is 6.42 Å². The lowest BCUT2D eigenvalue weighted by molar-refractivity contribution is 0.0105. The summed E-state index contributed by atoms with van der Waals surface area (Å²) in [6, 6.07) is 1.93. The number of hydrogen-bond acceptors (Lipinski definition) is 5. The van der Waals surface area contributed by atoms with Crippen LogP contribution in [0.2, 0.25) is 0 Å². The lowest BCUT2D eigenvalue weighted by Gasteiger charge is -2.31. The molecule has 1 aromatic rings. The van der Waals surface area contributed by atoms with Crippen molar-refractivity contribution in [2.75, 3.05) is 27.5 Å². The lowest BCUT2D eigenvalue weighted by Crippen LogP contribution is -2.32. The first-order valence-electron chi connectivity index (χ1n) is 5.60. The van der Waals surface area contributed by atoms with Crippen LogP contribution in [0.15, 0.2) is 6.07 Å². The molecule has 0 aliphatic carbocycles. The number of rotatable bonds is 1. The topological polar surface area (TPSA) is 51.2 Å². The maximum absolute atomic E-state index is 10.2. The van der Waals surface area contributed by atoms with Crippen LogP contribution in [0.4, 0.5) is 0 Å². The van der Waals surface area contributed by atoms with Gasteiger partial charge in [-0.1, -0.05) is 0 Å². The smallest absolute Gasteiger partial charge is 0.231 e. The molecule has 92 valence electrons. The van der Waals surface area contributed by atoms with Gasteiger partial charge in [-0.2, -0.15) is 0 Å². The van der Waals surface area contributed by atoms with E-state index in [1.54, 1.807) is 7.11 Å². The Kier molecular flexibility index (Phi) is 2.38. The Morgan fingerprint density at radius 3 is 2.94 bits per heavy atom. The third-order valence-electron chi connectivity index (χ3n) is 3.36. The second kappa shape index (κ2) is 3.78. The van der Waals surface area contributed by atoms with Gasteiger partial charge in [0.1, 0.15) is 6.23 Å². The lowest BCUT2D eigenvalue weighted by atomic mass is 9.96. The van der Waals surface area contributed by atoms with E-state index in [0.29, 0.717) is 17.2 Å². The zero-order valence-corrected chi connectivity index (χ0v) is 9.90. The van der Waals surface area contributed by atoms with E-state index in [4.69, 9.17) is 14.2 Å². The van der Waals surface area contributed by atoms with E-state index in [0.717, 1.165) is 24.1 Å². The number of ether oxygens (including phenoxy) is 3. The standard InChI is InChI=1S/C12H15NO4/c1-13-4-3-7-5-8(15-2)10-11(17-6-16-10)9(7)12(13)14/h5,12,14H,3-4,6H2,1-2H3/t12-/m1/s1. The number of methoxy groups -OCH3 is 1. The van der Waals surface area contributed by atoms with Crippen molar-refractivity contribution in [1.82, 2.24) is 4.90 Å². The second-order valence-electron chi connectivity index (χ2n) is 4.32. The minimum absolute atomic E-state index is 0.179. The molecule has 2 heterocycles. The molecule has 2 aliphatic heterocycles. The third kappa shape index (κ3) is 1.46. The maximum atomic E-state index is 10.2. The summed E-state index contributed by atoms with van der Waals surface area (Å²) in [5.41, 5.74) is 1.88. The first-order valence-corrected chi connectivity index (χ1v) is 5.60. The van der Waals surface area contributed by atoms with E-state index in [2.05, 4.69) is 0 Å². The van der Waals surface area contributed by atoms with Crippen molar-refractivity contribution in [1.29, 1.82) is 0 Å².